The van der Waals surface area contributed by atoms with E-state index in [1.165, 1.54) is 11.3 Å². The first kappa shape index (κ1) is 13.2. The zero-order valence-corrected chi connectivity index (χ0v) is 12.0. The van der Waals surface area contributed by atoms with Gasteiger partial charge >= 0.3 is 5.97 Å². The molecule has 0 aliphatic heterocycles. The molecule has 2 N–H and O–H groups in total. The minimum Gasteiger partial charge on any atom is -0.481 e. The second-order valence-corrected chi connectivity index (χ2v) is 6.19. The first-order valence-corrected chi connectivity index (χ1v) is 7.28. The summed E-state index contributed by atoms with van der Waals surface area (Å²) in [6, 6.07) is 1.86. The number of nitrogens with one attached hydrogen (secondary N) is 1. The topological polar surface area (TPSA) is 88.0 Å². The van der Waals surface area contributed by atoms with Gasteiger partial charge in [0.1, 0.15) is 0 Å². The molecule has 6 nitrogen and oxygen atoms in total. The molecule has 94 valence electrons. The van der Waals surface area contributed by atoms with Crippen LogP contribution in [0, 0.1) is 0 Å². The van der Waals surface area contributed by atoms with E-state index in [0.717, 1.165) is 21.9 Å². The zero-order valence-electron chi connectivity index (χ0n) is 8.83. The van der Waals surface area contributed by atoms with Crippen molar-refractivity contribution in [2.45, 2.75) is 4.34 Å². The van der Waals surface area contributed by atoms with Crippen molar-refractivity contribution >= 4 is 55.8 Å². The Morgan fingerprint density at radius 1 is 1.50 bits per heavy atom. The molecule has 0 saturated heterocycles. The highest BCUT2D eigenvalue weighted by Crippen LogP contribution is 2.27. The van der Waals surface area contributed by atoms with Crippen LogP contribution in [0.15, 0.2) is 27.3 Å². The number of aromatic nitrogens is 3. The van der Waals surface area contributed by atoms with E-state index in [-0.39, 0.29) is 5.75 Å². The van der Waals surface area contributed by atoms with Crippen molar-refractivity contribution in [2.75, 3.05) is 11.1 Å². The Morgan fingerprint density at radius 2 is 2.33 bits per heavy atom. The third-order valence-electron chi connectivity index (χ3n) is 1.68. The SMILES string of the molecule is O=C(O)CSc1nnc(Nc2cncc(Br)c2)s1. The summed E-state index contributed by atoms with van der Waals surface area (Å²) in [4.78, 5) is 14.4. The van der Waals surface area contributed by atoms with Crippen LogP contribution in [0.1, 0.15) is 0 Å². The number of nitrogens with zero attached hydrogens (tertiary/aromatic N) is 3. The third-order valence-corrected chi connectivity index (χ3v) is 4.07. The van der Waals surface area contributed by atoms with E-state index in [1.54, 1.807) is 12.4 Å². The number of pyridine rings is 1. The van der Waals surface area contributed by atoms with Gasteiger partial charge in [-0.2, -0.15) is 0 Å². The number of anilines is 2. The van der Waals surface area contributed by atoms with Crippen LogP contribution in [-0.2, 0) is 4.79 Å². The number of carboxylic acids is 1. The van der Waals surface area contributed by atoms with Crippen LogP contribution in [0.2, 0.25) is 0 Å². The van der Waals surface area contributed by atoms with Crippen molar-refractivity contribution in [3.05, 3.63) is 22.9 Å². The number of hydrogen-bond donors (Lipinski definition) is 2. The molecule has 0 spiro atoms. The van der Waals surface area contributed by atoms with E-state index in [2.05, 4.69) is 36.4 Å². The van der Waals surface area contributed by atoms with Crippen LogP contribution in [-0.4, -0.2) is 32.0 Å². The molecule has 2 aromatic rings. The van der Waals surface area contributed by atoms with Crippen LogP contribution in [0.3, 0.4) is 0 Å². The summed E-state index contributed by atoms with van der Waals surface area (Å²) in [7, 11) is 0. The maximum atomic E-state index is 10.4. The molecular weight excluding hydrogens is 340 g/mol. The van der Waals surface area contributed by atoms with Crippen molar-refractivity contribution in [3.63, 3.8) is 0 Å². The van der Waals surface area contributed by atoms with Gasteiger partial charge in [-0.25, -0.2) is 0 Å². The number of aliphatic carboxylic acids is 1. The lowest BCUT2D eigenvalue weighted by Gasteiger charge is -2.00. The summed E-state index contributed by atoms with van der Waals surface area (Å²) in [5, 5.41) is 20.0. The summed E-state index contributed by atoms with van der Waals surface area (Å²) in [5.74, 6) is -0.895. The number of carbonyl (C=O) groups is 1. The Bertz CT molecular complexity index is 563. The average Bonchev–Trinajstić information content (AvgIpc) is 2.74. The molecule has 0 radical (unpaired) electrons. The lowest BCUT2D eigenvalue weighted by Crippen LogP contribution is -1.96. The fourth-order valence-electron chi connectivity index (χ4n) is 1.05. The Labute approximate surface area is 119 Å². The molecule has 2 rings (SSSR count). The number of rotatable bonds is 5. The van der Waals surface area contributed by atoms with Gasteiger partial charge in [-0.15, -0.1) is 10.2 Å². The Hall–Kier alpha value is -1.19. The first-order chi connectivity index (χ1) is 8.63. The molecule has 0 atom stereocenters. The zero-order chi connectivity index (χ0) is 13.0. The fourth-order valence-corrected chi connectivity index (χ4v) is 2.90. The largest absolute Gasteiger partial charge is 0.481 e. The van der Waals surface area contributed by atoms with Crippen molar-refractivity contribution in [1.82, 2.24) is 15.2 Å². The molecule has 2 heterocycles. The number of carboxylic acid groups (broad SMARTS) is 1. The van der Waals surface area contributed by atoms with E-state index in [0.29, 0.717) is 9.47 Å². The molecule has 0 fully saturated rings. The number of thioether (sulfide) groups is 1. The van der Waals surface area contributed by atoms with Crippen LogP contribution in [0.5, 0.6) is 0 Å². The monoisotopic (exact) mass is 346 g/mol. The summed E-state index contributed by atoms with van der Waals surface area (Å²) in [6.45, 7) is 0. The third kappa shape index (κ3) is 3.93. The maximum Gasteiger partial charge on any atom is 0.313 e. The van der Waals surface area contributed by atoms with Gasteiger partial charge in [0.25, 0.3) is 0 Å². The standard InChI is InChI=1S/C9H7BrN4O2S2/c10-5-1-6(3-11-2-5)12-8-13-14-9(18-8)17-4-7(15)16/h1-3H,4H2,(H,12,13)(H,15,16). The number of hydrogen-bond acceptors (Lipinski definition) is 7. The molecular formula is C9H7BrN4O2S2. The smallest absolute Gasteiger partial charge is 0.313 e. The predicted molar refractivity (Wildman–Crippen MR) is 73.5 cm³/mol. The van der Waals surface area contributed by atoms with E-state index in [1.807, 2.05) is 6.07 Å². The van der Waals surface area contributed by atoms with Gasteiger partial charge < -0.3 is 10.4 Å². The van der Waals surface area contributed by atoms with Crippen LogP contribution in [0.25, 0.3) is 0 Å². The van der Waals surface area contributed by atoms with E-state index < -0.39 is 5.97 Å². The second kappa shape index (κ2) is 6.12. The molecule has 0 aliphatic rings. The van der Waals surface area contributed by atoms with Crippen LogP contribution in [0.4, 0.5) is 10.8 Å². The van der Waals surface area contributed by atoms with Gasteiger partial charge in [-0.05, 0) is 22.0 Å². The first-order valence-electron chi connectivity index (χ1n) is 4.69. The van der Waals surface area contributed by atoms with Gasteiger partial charge in [0, 0.05) is 10.7 Å². The van der Waals surface area contributed by atoms with Crippen molar-refractivity contribution in [1.29, 1.82) is 0 Å². The maximum absolute atomic E-state index is 10.4. The normalized spacial score (nSPS) is 10.3. The summed E-state index contributed by atoms with van der Waals surface area (Å²) >= 11 is 5.76. The number of halogens is 1. The molecule has 2 aromatic heterocycles. The van der Waals surface area contributed by atoms with Crippen molar-refractivity contribution in [2.24, 2.45) is 0 Å². The summed E-state index contributed by atoms with van der Waals surface area (Å²) in [6.07, 6.45) is 3.34. The average molecular weight is 347 g/mol. The molecule has 9 heteroatoms. The predicted octanol–water partition coefficient (Wildman–Crippen LogP) is 2.62. The van der Waals surface area contributed by atoms with Crippen LogP contribution >= 0.6 is 39.0 Å². The van der Waals surface area contributed by atoms with E-state index >= 15 is 0 Å². The Balaban J connectivity index is 2.00. The molecule has 0 unspecified atom stereocenters. The van der Waals surface area contributed by atoms with Gasteiger partial charge in [0.05, 0.1) is 17.6 Å². The van der Waals surface area contributed by atoms with Gasteiger partial charge in [-0.3, -0.25) is 9.78 Å². The molecule has 0 aliphatic carbocycles. The van der Waals surface area contributed by atoms with E-state index in [4.69, 9.17) is 5.11 Å². The highest BCUT2D eigenvalue weighted by atomic mass is 79.9. The van der Waals surface area contributed by atoms with Crippen molar-refractivity contribution < 1.29 is 9.90 Å². The highest BCUT2D eigenvalue weighted by molar-refractivity contribution is 9.10. The van der Waals surface area contributed by atoms with Gasteiger partial charge in [0.15, 0.2) is 4.34 Å². The minimum atomic E-state index is -0.874. The summed E-state index contributed by atoms with van der Waals surface area (Å²) < 4.78 is 1.47. The van der Waals surface area contributed by atoms with Crippen molar-refractivity contribution in [3.8, 4) is 0 Å². The Morgan fingerprint density at radius 3 is 3.06 bits per heavy atom. The lowest BCUT2D eigenvalue weighted by molar-refractivity contribution is -0.133. The molecule has 0 amide bonds. The van der Waals surface area contributed by atoms with E-state index in [9.17, 15) is 4.79 Å². The summed E-state index contributed by atoms with van der Waals surface area (Å²) in [5.41, 5.74) is 0.787. The minimum absolute atomic E-state index is 0.0208. The van der Waals surface area contributed by atoms with Gasteiger partial charge in [-0.1, -0.05) is 23.1 Å². The van der Waals surface area contributed by atoms with Gasteiger partial charge in [0.2, 0.25) is 5.13 Å². The Kier molecular flexibility index (Phi) is 4.50. The fraction of sp³-hybridized carbons (Fsp3) is 0.111. The molecule has 18 heavy (non-hydrogen) atoms. The molecule has 0 aromatic carbocycles. The molecule has 0 bridgehead atoms. The van der Waals surface area contributed by atoms with Crippen LogP contribution < -0.4 is 5.32 Å². The quantitative estimate of drug-likeness (QED) is 0.804. The molecule has 0 saturated carbocycles. The lowest BCUT2D eigenvalue weighted by atomic mass is 10.4. The second-order valence-electron chi connectivity index (χ2n) is 3.07. The highest BCUT2D eigenvalue weighted by Gasteiger charge is 2.07.